The van der Waals surface area contributed by atoms with Crippen LogP contribution in [0, 0.1) is 17.7 Å². The average molecular weight is 598 g/mol. The van der Waals surface area contributed by atoms with E-state index in [2.05, 4.69) is 0 Å². The number of rotatable bonds is 4. The second-order valence-corrected chi connectivity index (χ2v) is 13.5. The number of piperazine rings is 1. The molecule has 9 nitrogen and oxygen atoms in total. The average Bonchev–Trinajstić information content (AvgIpc) is 3.36. The highest BCUT2D eigenvalue weighted by atomic mass is 35.5. The third kappa shape index (κ3) is 5.73. The number of aliphatic carboxylic acids is 1. The lowest BCUT2D eigenvalue weighted by atomic mass is 9.81. The molecule has 3 aromatic rings. The molecule has 0 bridgehead atoms. The molecule has 1 saturated carbocycles. The third-order valence-corrected chi connectivity index (χ3v) is 8.84. The van der Waals surface area contributed by atoms with Gasteiger partial charge in [0.2, 0.25) is 5.91 Å². The number of benzene rings is 1. The smallest absolute Gasteiger partial charge is 0.306 e. The number of carboxylic acid groups (broad SMARTS) is 1. The van der Waals surface area contributed by atoms with Crippen molar-refractivity contribution in [2.75, 3.05) is 19.6 Å². The van der Waals surface area contributed by atoms with Crippen LogP contribution in [-0.4, -0.2) is 72.5 Å². The van der Waals surface area contributed by atoms with Gasteiger partial charge in [-0.25, -0.2) is 13.9 Å². The second-order valence-electron chi connectivity index (χ2n) is 13.1. The van der Waals surface area contributed by atoms with Crippen molar-refractivity contribution < 1.29 is 23.9 Å². The monoisotopic (exact) mass is 597 g/mol. The van der Waals surface area contributed by atoms with Gasteiger partial charge in [0.25, 0.3) is 5.91 Å². The molecule has 11 heteroatoms. The van der Waals surface area contributed by atoms with Crippen molar-refractivity contribution in [3.63, 3.8) is 0 Å². The lowest BCUT2D eigenvalue weighted by Crippen LogP contribution is -2.62. The molecule has 1 aromatic carbocycles. The van der Waals surface area contributed by atoms with Gasteiger partial charge in [0.15, 0.2) is 5.65 Å². The molecular weight excluding hydrogens is 561 g/mol. The van der Waals surface area contributed by atoms with Crippen molar-refractivity contribution in [3.8, 4) is 11.3 Å². The summed E-state index contributed by atoms with van der Waals surface area (Å²) in [4.78, 5) is 46.8. The summed E-state index contributed by atoms with van der Waals surface area (Å²) < 4.78 is 15.4. The fraction of sp³-hybridized carbons (Fsp3) is 0.516. The maximum absolute atomic E-state index is 13.9. The second kappa shape index (κ2) is 10.9. The SMILES string of the molecule is CC(C)(C)c1cc(-c2ccc(F)c(Cl)c2)nn2cc(C(=O)N3CCN(C(=O)C4CCC(C(=O)O)CC4)CC3(C)C)nc12. The predicted octanol–water partition coefficient (Wildman–Crippen LogP) is 5.44. The Morgan fingerprint density at radius 2 is 1.71 bits per heavy atom. The van der Waals surface area contributed by atoms with Crippen LogP contribution in [0.5, 0.6) is 0 Å². The zero-order chi connectivity index (χ0) is 30.6. The number of aromatic nitrogens is 3. The van der Waals surface area contributed by atoms with E-state index in [0.29, 0.717) is 62.2 Å². The summed E-state index contributed by atoms with van der Waals surface area (Å²) in [5.41, 5.74) is 1.94. The minimum absolute atomic E-state index is 0.000927. The third-order valence-electron chi connectivity index (χ3n) is 8.55. The van der Waals surface area contributed by atoms with E-state index in [0.717, 1.165) is 5.56 Å². The Labute approximate surface area is 249 Å². The summed E-state index contributed by atoms with van der Waals surface area (Å²) >= 11 is 6.04. The van der Waals surface area contributed by atoms with Crippen LogP contribution in [0.1, 0.15) is 76.4 Å². The molecule has 0 spiro atoms. The van der Waals surface area contributed by atoms with Gasteiger partial charge in [-0.05, 0) is 69.2 Å². The molecule has 42 heavy (non-hydrogen) atoms. The fourth-order valence-electron chi connectivity index (χ4n) is 6.13. The molecule has 0 atom stereocenters. The van der Waals surface area contributed by atoms with Crippen molar-refractivity contribution in [1.29, 1.82) is 0 Å². The van der Waals surface area contributed by atoms with Crippen molar-refractivity contribution in [2.24, 2.45) is 11.8 Å². The van der Waals surface area contributed by atoms with Gasteiger partial charge in [-0.15, -0.1) is 0 Å². The van der Waals surface area contributed by atoms with Gasteiger partial charge in [-0.3, -0.25) is 14.4 Å². The normalized spacial score (nSPS) is 21.0. The number of halogens is 2. The van der Waals surface area contributed by atoms with E-state index in [9.17, 15) is 23.9 Å². The predicted molar refractivity (Wildman–Crippen MR) is 157 cm³/mol. The number of fused-ring (bicyclic) bond motifs is 1. The van der Waals surface area contributed by atoms with Crippen molar-refractivity contribution in [1.82, 2.24) is 24.4 Å². The summed E-state index contributed by atoms with van der Waals surface area (Å²) in [6, 6.07) is 6.35. The number of imidazole rings is 1. The number of carbonyl (C=O) groups excluding carboxylic acids is 2. The summed E-state index contributed by atoms with van der Waals surface area (Å²) in [5.74, 6) is -2.05. The Hall–Kier alpha value is -3.53. The van der Waals surface area contributed by atoms with Gasteiger partial charge in [0, 0.05) is 36.7 Å². The van der Waals surface area contributed by atoms with Gasteiger partial charge < -0.3 is 14.9 Å². The Morgan fingerprint density at radius 3 is 2.31 bits per heavy atom. The van der Waals surface area contributed by atoms with Crippen LogP contribution in [0.4, 0.5) is 4.39 Å². The molecule has 3 heterocycles. The standard InChI is InChI=1S/C31H37ClFN5O4/c1-30(2,3)21-15-24(20-10-11-23(33)22(32)14-20)35-38-16-25(34-26(21)38)28(40)37-13-12-36(17-31(37,4)5)27(39)18-6-8-19(9-7-18)29(41)42/h10-11,14-16,18-19H,6-9,12-13,17H2,1-5H3,(H,41,42). The summed E-state index contributed by atoms with van der Waals surface area (Å²) in [7, 11) is 0. The van der Waals surface area contributed by atoms with E-state index in [1.54, 1.807) is 21.7 Å². The summed E-state index contributed by atoms with van der Waals surface area (Å²) in [5, 5.41) is 14.0. The molecule has 224 valence electrons. The Kier molecular flexibility index (Phi) is 7.81. The van der Waals surface area contributed by atoms with Crippen molar-refractivity contribution in [2.45, 2.75) is 71.3 Å². The maximum atomic E-state index is 13.9. The summed E-state index contributed by atoms with van der Waals surface area (Å²) in [6.07, 6.45) is 3.80. The molecule has 1 aliphatic carbocycles. The number of carboxylic acids is 1. The molecule has 1 saturated heterocycles. The number of carbonyl (C=O) groups is 3. The van der Waals surface area contributed by atoms with Crippen LogP contribution in [0.3, 0.4) is 0 Å². The first-order chi connectivity index (χ1) is 19.7. The van der Waals surface area contributed by atoms with E-state index < -0.39 is 17.3 Å². The molecule has 2 aromatic heterocycles. The lowest BCUT2D eigenvalue weighted by Gasteiger charge is -2.47. The first kappa shape index (κ1) is 29.9. The lowest BCUT2D eigenvalue weighted by molar-refractivity contribution is -0.147. The highest BCUT2D eigenvalue weighted by molar-refractivity contribution is 6.31. The summed E-state index contributed by atoms with van der Waals surface area (Å²) in [6.45, 7) is 11.2. The van der Waals surface area contributed by atoms with Gasteiger partial charge in [-0.2, -0.15) is 5.10 Å². The Morgan fingerprint density at radius 1 is 1.05 bits per heavy atom. The molecule has 0 unspecified atom stereocenters. The minimum Gasteiger partial charge on any atom is -0.481 e. The largest absolute Gasteiger partial charge is 0.481 e. The van der Waals surface area contributed by atoms with E-state index in [-0.39, 0.29) is 39.8 Å². The highest BCUT2D eigenvalue weighted by Gasteiger charge is 2.41. The van der Waals surface area contributed by atoms with E-state index in [1.165, 1.54) is 12.1 Å². The van der Waals surface area contributed by atoms with Crippen LogP contribution in [0.25, 0.3) is 16.9 Å². The minimum atomic E-state index is -0.790. The van der Waals surface area contributed by atoms with Gasteiger partial charge in [0.1, 0.15) is 11.5 Å². The van der Waals surface area contributed by atoms with Gasteiger partial charge in [0.05, 0.1) is 28.4 Å². The van der Waals surface area contributed by atoms with E-state index >= 15 is 0 Å². The number of nitrogens with zero attached hydrogens (tertiary/aromatic N) is 5. The molecular formula is C31H37ClFN5O4. The maximum Gasteiger partial charge on any atom is 0.306 e. The van der Waals surface area contributed by atoms with Crippen LogP contribution in [0.15, 0.2) is 30.5 Å². The van der Waals surface area contributed by atoms with Crippen molar-refractivity contribution >= 4 is 35.0 Å². The zero-order valence-electron chi connectivity index (χ0n) is 24.7. The molecule has 1 N–H and O–H groups in total. The molecule has 2 fully saturated rings. The van der Waals surface area contributed by atoms with Gasteiger partial charge in [-0.1, -0.05) is 32.4 Å². The van der Waals surface area contributed by atoms with Crippen LogP contribution < -0.4 is 0 Å². The quantitative estimate of drug-likeness (QED) is 0.429. The number of hydrogen-bond acceptors (Lipinski definition) is 5. The van der Waals surface area contributed by atoms with E-state index in [4.69, 9.17) is 21.7 Å². The van der Waals surface area contributed by atoms with E-state index in [1.807, 2.05) is 45.6 Å². The van der Waals surface area contributed by atoms with Crippen molar-refractivity contribution in [3.05, 3.63) is 52.6 Å². The van der Waals surface area contributed by atoms with Crippen LogP contribution in [-0.2, 0) is 15.0 Å². The molecule has 1 aliphatic heterocycles. The van der Waals surface area contributed by atoms with Crippen LogP contribution >= 0.6 is 11.6 Å². The molecule has 2 aliphatic rings. The highest BCUT2D eigenvalue weighted by Crippen LogP contribution is 2.34. The van der Waals surface area contributed by atoms with Crippen LogP contribution in [0.2, 0.25) is 5.02 Å². The first-order valence-electron chi connectivity index (χ1n) is 14.4. The Bertz CT molecular complexity index is 1550. The molecule has 5 rings (SSSR count). The fourth-order valence-corrected chi connectivity index (χ4v) is 6.31. The first-order valence-corrected chi connectivity index (χ1v) is 14.7. The Balaban J connectivity index is 1.38. The number of amides is 2. The topological polar surface area (TPSA) is 108 Å². The number of hydrogen-bond donors (Lipinski definition) is 1. The molecule has 0 radical (unpaired) electrons. The van der Waals surface area contributed by atoms with Gasteiger partial charge >= 0.3 is 5.97 Å². The molecule has 2 amide bonds. The zero-order valence-corrected chi connectivity index (χ0v) is 25.4.